The van der Waals surface area contributed by atoms with Crippen molar-refractivity contribution in [2.45, 2.75) is 79.3 Å². The molecule has 1 rings (SSSR count). The monoisotopic (exact) mass is 263 g/mol. The molecule has 0 aromatic heterocycles. The smallest absolute Gasteiger partial charge is 0.0693 e. The molecule has 0 aromatic rings. The van der Waals surface area contributed by atoms with Crippen LogP contribution in [0.3, 0.4) is 0 Å². The Kier molecular flexibility index (Phi) is 21.6. The molecule has 3 nitrogen and oxygen atoms in total. The minimum Gasteiger partial charge on any atom is -0.394 e. The Morgan fingerprint density at radius 2 is 1.56 bits per heavy atom. The molecule has 0 radical (unpaired) electrons. The first-order valence-corrected chi connectivity index (χ1v) is 7.37. The number of aliphatic hydroxyl groups is 1. The van der Waals surface area contributed by atoms with E-state index in [-0.39, 0.29) is 6.61 Å². The van der Waals surface area contributed by atoms with Crippen LogP contribution in [0.2, 0.25) is 0 Å². The summed E-state index contributed by atoms with van der Waals surface area (Å²) in [6.45, 7) is 15.2. The SMILES string of the molecule is CC.CC.CC(C)(C)NC1CCC1.COCCO. The first-order valence-electron chi connectivity index (χ1n) is 7.37. The van der Waals surface area contributed by atoms with Gasteiger partial charge >= 0.3 is 0 Å². The van der Waals surface area contributed by atoms with Crippen LogP contribution in [0.1, 0.15) is 67.7 Å². The van der Waals surface area contributed by atoms with Crippen LogP contribution >= 0.6 is 0 Å². The third kappa shape index (κ3) is 21.2. The highest BCUT2D eigenvalue weighted by molar-refractivity contribution is 4.83. The molecule has 0 spiro atoms. The number of nitrogens with one attached hydrogen (secondary N) is 1. The van der Waals surface area contributed by atoms with Crippen molar-refractivity contribution in [3.8, 4) is 0 Å². The molecule has 0 atom stereocenters. The molecule has 0 bridgehead atoms. The first-order chi connectivity index (χ1) is 8.49. The molecule has 3 heteroatoms. The van der Waals surface area contributed by atoms with Crippen molar-refractivity contribution in [1.29, 1.82) is 0 Å². The van der Waals surface area contributed by atoms with Gasteiger partial charge in [-0.25, -0.2) is 0 Å². The van der Waals surface area contributed by atoms with Crippen molar-refractivity contribution in [3.63, 3.8) is 0 Å². The van der Waals surface area contributed by atoms with Crippen LogP contribution < -0.4 is 5.32 Å². The minimum atomic E-state index is 0.122. The summed E-state index contributed by atoms with van der Waals surface area (Å²) in [6.07, 6.45) is 4.20. The van der Waals surface area contributed by atoms with E-state index in [0.29, 0.717) is 12.1 Å². The van der Waals surface area contributed by atoms with Crippen molar-refractivity contribution in [3.05, 3.63) is 0 Å². The lowest BCUT2D eigenvalue weighted by Crippen LogP contribution is -2.46. The van der Waals surface area contributed by atoms with Gasteiger partial charge < -0.3 is 15.2 Å². The zero-order valence-electron chi connectivity index (χ0n) is 14.0. The van der Waals surface area contributed by atoms with Crippen LogP contribution in [-0.2, 0) is 4.74 Å². The molecule has 0 saturated heterocycles. The zero-order chi connectivity index (χ0) is 15.0. The maximum absolute atomic E-state index is 7.94. The van der Waals surface area contributed by atoms with Gasteiger partial charge in [-0.1, -0.05) is 34.1 Å². The maximum atomic E-state index is 7.94. The maximum Gasteiger partial charge on any atom is 0.0693 e. The van der Waals surface area contributed by atoms with E-state index in [1.54, 1.807) is 7.11 Å². The number of ether oxygens (including phenoxy) is 1. The van der Waals surface area contributed by atoms with Crippen LogP contribution in [-0.4, -0.2) is 37.0 Å². The quantitative estimate of drug-likeness (QED) is 0.817. The van der Waals surface area contributed by atoms with E-state index in [2.05, 4.69) is 30.8 Å². The molecular weight excluding hydrogens is 226 g/mol. The molecule has 0 heterocycles. The van der Waals surface area contributed by atoms with E-state index >= 15 is 0 Å². The second kappa shape index (κ2) is 16.9. The molecule has 1 aliphatic carbocycles. The van der Waals surface area contributed by atoms with Gasteiger partial charge in [-0.2, -0.15) is 0 Å². The number of aliphatic hydroxyl groups excluding tert-OH is 1. The zero-order valence-corrected chi connectivity index (χ0v) is 14.0. The van der Waals surface area contributed by atoms with Crippen LogP contribution in [0, 0.1) is 0 Å². The Bertz CT molecular complexity index is 127. The molecule has 0 aromatic carbocycles. The van der Waals surface area contributed by atoms with Gasteiger partial charge in [0.2, 0.25) is 0 Å². The van der Waals surface area contributed by atoms with Gasteiger partial charge in [0.1, 0.15) is 0 Å². The largest absolute Gasteiger partial charge is 0.394 e. The van der Waals surface area contributed by atoms with Crippen LogP contribution in [0.4, 0.5) is 0 Å². The fourth-order valence-corrected chi connectivity index (χ4v) is 1.26. The van der Waals surface area contributed by atoms with Gasteiger partial charge in [0.05, 0.1) is 13.2 Å². The van der Waals surface area contributed by atoms with Gasteiger partial charge in [0.25, 0.3) is 0 Å². The summed E-state index contributed by atoms with van der Waals surface area (Å²) in [5, 5.41) is 11.5. The molecule has 114 valence electrons. The average molecular weight is 263 g/mol. The number of rotatable bonds is 3. The summed E-state index contributed by atoms with van der Waals surface area (Å²) in [5.74, 6) is 0. The van der Waals surface area contributed by atoms with E-state index in [4.69, 9.17) is 5.11 Å². The molecule has 1 aliphatic rings. The van der Waals surface area contributed by atoms with E-state index in [1.807, 2.05) is 27.7 Å². The Balaban J connectivity index is -0.000000215. The Hall–Kier alpha value is -0.120. The predicted molar refractivity (Wildman–Crippen MR) is 82.2 cm³/mol. The molecule has 1 saturated carbocycles. The third-order valence-electron chi connectivity index (χ3n) is 2.04. The lowest BCUT2D eigenvalue weighted by Gasteiger charge is -2.34. The highest BCUT2D eigenvalue weighted by Crippen LogP contribution is 2.20. The third-order valence-corrected chi connectivity index (χ3v) is 2.04. The Morgan fingerprint density at radius 3 is 1.61 bits per heavy atom. The molecular formula is C15H37NO2. The van der Waals surface area contributed by atoms with E-state index in [9.17, 15) is 0 Å². The Morgan fingerprint density at radius 1 is 1.11 bits per heavy atom. The lowest BCUT2D eigenvalue weighted by molar-refractivity contribution is 0.135. The van der Waals surface area contributed by atoms with Crippen molar-refractivity contribution < 1.29 is 9.84 Å². The van der Waals surface area contributed by atoms with E-state index in [0.717, 1.165) is 6.04 Å². The summed E-state index contributed by atoms with van der Waals surface area (Å²) < 4.78 is 4.44. The van der Waals surface area contributed by atoms with Gasteiger partial charge in [0, 0.05) is 18.7 Å². The van der Waals surface area contributed by atoms with Gasteiger partial charge in [0.15, 0.2) is 0 Å². The van der Waals surface area contributed by atoms with E-state index in [1.165, 1.54) is 19.3 Å². The molecule has 0 aliphatic heterocycles. The predicted octanol–water partition coefficient (Wildman–Crippen LogP) is 3.60. The molecule has 0 unspecified atom stereocenters. The fraction of sp³-hybridized carbons (Fsp3) is 1.00. The first kappa shape index (κ1) is 23.0. The highest BCUT2D eigenvalue weighted by Gasteiger charge is 2.21. The van der Waals surface area contributed by atoms with Gasteiger partial charge in [-0.05, 0) is 33.6 Å². The van der Waals surface area contributed by atoms with Crippen molar-refractivity contribution in [1.82, 2.24) is 5.32 Å². The van der Waals surface area contributed by atoms with Crippen molar-refractivity contribution in [2.24, 2.45) is 0 Å². The summed E-state index contributed by atoms with van der Waals surface area (Å²) in [7, 11) is 1.55. The molecule has 2 N–H and O–H groups in total. The summed E-state index contributed by atoms with van der Waals surface area (Å²) >= 11 is 0. The number of hydrogen-bond acceptors (Lipinski definition) is 3. The topological polar surface area (TPSA) is 41.5 Å². The number of hydrogen-bond donors (Lipinski definition) is 2. The van der Waals surface area contributed by atoms with Crippen LogP contribution in [0.5, 0.6) is 0 Å². The van der Waals surface area contributed by atoms with Crippen molar-refractivity contribution in [2.75, 3.05) is 20.3 Å². The second-order valence-corrected chi connectivity index (χ2v) is 4.74. The molecule has 1 fully saturated rings. The van der Waals surface area contributed by atoms with Crippen LogP contribution in [0.15, 0.2) is 0 Å². The summed E-state index contributed by atoms with van der Waals surface area (Å²) in [5.41, 5.74) is 0.324. The average Bonchev–Trinajstić information content (AvgIpc) is 2.30. The molecule has 0 amide bonds. The summed E-state index contributed by atoms with van der Waals surface area (Å²) in [6, 6.07) is 0.824. The van der Waals surface area contributed by atoms with Crippen LogP contribution in [0.25, 0.3) is 0 Å². The number of methoxy groups -OCH3 is 1. The lowest BCUT2D eigenvalue weighted by atomic mass is 9.91. The highest BCUT2D eigenvalue weighted by atomic mass is 16.5. The second-order valence-electron chi connectivity index (χ2n) is 4.74. The Labute approximate surface area is 115 Å². The normalized spacial score (nSPS) is 13.8. The molecule has 18 heavy (non-hydrogen) atoms. The standard InChI is InChI=1S/C8H17N.C3H8O2.2C2H6/c1-8(2,3)9-7-5-4-6-7;1-5-3-2-4;2*1-2/h7,9H,4-6H2,1-3H3;4H,2-3H2,1H3;2*1-2H3. The minimum absolute atomic E-state index is 0.122. The van der Waals surface area contributed by atoms with Crippen molar-refractivity contribution >= 4 is 0 Å². The van der Waals surface area contributed by atoms with E-state index < -0.39 is 0 Å². The van der Waals surface area contributed by atoms with Gasteiger partial charge in [-0.3, -0.25) is 0 Å². The summed E-state index contributed by atoms with van der Waals surface area (Å²) in [4.78, 5) is 0. The fourth-order valence-electron chi connectivity index (χ4n) is 1.26. The van der Waals surface area contributed by atoms with Gasteiger partial charge in [-0.15, -0.1) is 0 Å².